The maximum atomic E-state index is 13.2. The lowest BCUT2D eigenvalue weighted by molar-refractivity contribution is -0.385. The van der Waals surface area contributed by atoms with E-state index in [0.29, 0.717) is 5.75 Å². The highest BCUT2D eigenvalue weighted by Crippen LogP contribution is 2.31. The predicted molar refractivity (Wildman–Crippen MR) is 129 cm³/mol. The number of hydrogen-bond acceptors (Lipinski definition) is 7. The van der Waals surface area contributed by atoms with Crippen LogP contribution in [0.25, 0.3) is 0 Å². The van der Waals surface area contributed by atoms with Crippen LogP contribution in [0.2, 0.25) is 0 Å². The summed E-state index contributed by atoms with van der Waals surface area (Å²) in [6.45, 7) is 1.52. The number of amides is 2. The van der Waals surface area contributed by atoms with Gasteiger partial charge in [0.15, 0.2) is 6.61 Å². The second kappa shape index (κ2) is 12.0. The first-order valence-corrected chi connectivity index (χ1v) is 11.5. The molecule has 0 aliphatic heterocycles. The fourth-order valence-corrected chi connectivity index (χ4v) is 4.07. The summed E-state index contributed by atoms with van der Waals surface area (Å²) in [4.78, 5) is 38.2. The zero-order valence-corrected chi connectivity index (χ0v) is 20.2. The number of nitro benzene ring substituents is 1. The van der Waals surface area contributed by atoms with Gasteiger partial charge in [0.1, 0.15) is 17.5 Å². The maximum absolute atomic E-state index is 13.2. The van der Waals surface area contributed by atoms with E-state index in [4.69, 9.17) is 14.2 Å². The highest BCUT2D eigenvalue weighted by Gasteiger charge is 2.29. The Bertz CT molecular complexity index is 1050. The van der Waals surface area contributed by atoms with E-state index in [1.165, 1.54) is 30.2 Å². The van der Waals surface area contributed by atoms with E-state index in [-0.39, 0.29) is 42.3 Å². The van der Waals surface area contributed by atoms with E-state index in [1.807, 2.05) is 18.2 Å². The average Bonchev–Trinajstić information content (AvgIpc) is 3.38. The van der Waals surface area contributed by atoms with Crippen LogP contribution in [0.5, 0.6) is 17.2 Å². The van der Waals surface area contributed by atoms with Crippen molar-refractivity contribution in [1.82, 2.24) is 10.2 Å². The molecule has 0 aromatic heterocycles. The van der Waals surface area contributed by atoms with Gasteiger partial charge >= 0.3 is 5.69 Å². The summed E-state index contributed by atoms with van der Waals surface area (Å²) in [6.07, 6.45) is 4.04. The monoisotopic (exact) mass is 485 g/mol. The standard InChI is InChI=1S/C25H31N3O7/c1-17(25(30)26-19-8-4-5-9-19)27(15-18-7-6-10-20(13-18)33-2)24(29)16-35-21-11-12-22(28(31)32)23(14-21)34-3/h6-7,10-14,17,19H,4-5,8-9,15-16H2,1-3H3,(H,26,30)/t17-/m1/s1. The minimum Gasteiger partial charge on any atom is -0.497 e. The molecular weight excluding hydrogens is 454 g/mol. The molecule has 0 spiro atoms. The molecule has 3 rings (SSSR count). The van der Waals surface area contributed by atoms with E-state index in [1.54, 1.807) is 20.1 Å². The molecule has 0 unspecified atom stereocenters. The molecular formula is C25H31N3O7. The third kappa shape index (κ3) is 6.84. The van der Waals surface area contributed by atoms with Crippen LogP contribution in [0.4, 0.5) is 5.69 Å². The van der Waals surface area contributed by atoms with Gasteiger partial charge in [-0.15, -0.1) is 0 Å². The number of nitrogens with one attached hydrogen (secondary N) is 1. The van der Waals surface area contributed by atoms with Crippen LogP contribution >= 0.6 is 0 Å². The molecule has 1 fully saturated rings. The van der Waals surface area contributed by atoms with Crippen molar-refractivity contribution in [1.29, 1.82) is 0 Å². The molecule has 0 heterocycles. The normalized spacial score (nSPS) is 14.1. The molecule has 0 saturated heterocycles. The Morgan fingerprint density at radius 1 is 1.11 bits per heavy atom. The van der Waals surface area contributed by atoms with Crippen molar-refractivity contribution in [3.8, 4) is 17.2 Å². The van der Waals surface area contributed by atoms with Gasteiger partial charge < -0.3 is 24.4 Å². The number of methoxy groups -OCH3 is 2. The number of rotatable bonds is 11. The number of benzene rings is 2. The number of nitrogens with zero attached hydrogens (tertiary/aromatic N) is 2. The molecule has 0 bridgehead atoms. The van der Waals surface area contributed by atoms with Gasteiger partial charge in [-0.1, -0.05) is 25.0 Å². The van der Waals surface area contributed by atoms with Crippen LogP contribution in [0.15, 0.2) is 42.5 Å². The van der Waals surface area contributed by atoms with Crippen molar-refractivity contribution in [2.75, 3.05) is 20.8 Å². The molecule has 1 aliphatic rings. The number of ether oxygens (including phenoxy) is 3. The zero-order valence-electron chi connectivity index (χ0n) is 20.2. The quantitative estimate of drug-likeness (QED) is 0.382. The summed E-state index contributed by atoms with van der Waals surface area (Å²) in [6, 6.07) is 10.7. The SMILES string of the molecule is COc1cccc(CN(C(=O)COc2ccc([N+](=O)[O-])c(OC)c2)[C@H](C)C(=O)NC2CCCC2)c1. The fraction of sp³-hybridized carbons (Fsp3) is 0.440. The van der Waals surface area contributed by atoms with Crippen LogP contribution in [-0.4, -0.2) is 54.5 Å². The van der Waals surface area contributed by atoms with Crippen LogP contribution in [0, 0.1) is 10.1 Å². The Kier molecular flexibility index (Phi) is 8.88. The molecule has 10 heteroatoms. The Morgan fingerprint density at radius 2 is 1.86 bits per heavy atom. The molecule has 35 heavy (non-hydrogen) atoms. The molecule has 2 amide bonds. The van der Waals surface area contributed by atoms with Crippen molar-refractivity contribution in [2.45, 2.75) is 51.2 Å². The van der Waals surface area contributed by atoms with Crippen molar-refractivity contribution in [3.63, 3.8) is 0 Å². The van der Waals surface area contributed by atoms with Crippen LogP contribution in [0.1, 0.15) is 38.2 Å². The van der Waals surface area contributed by atoms with Crippen LogP contribution in [-0.2, 0) is 16.1 Å². The largest absolute Gasteiger partial charge is 0.497 e. The van der Waals surface area contributed by atoms with Gasteiger partial charge in [-0.05, 0) is 43.5 Å². The number of carbonyl (C=O) groups excluding carboxylic acids is 2. The van der Waals surface area contributed by atoms with Gasteiger partial charge in [0.25, 0.3) is 5.91 Å². The van der Waals surface area contributed by atoms with Crippen molar-refractivity contribution < 1.29 is 28.7 Å². The molecule has 1 saturated carbocycles. The van der Waals surface area contributed by atoms with Gasteiger partial charge in [0, 0.05) is 24.7 Å². The van der Waals surface area contributed by atoms with Gasteiger partial charge in [0.2, 0.25) is 11.7 Å². The minimum absolute atomic E-state index is 0.0255. The van der Waals surface area contributed by atoms with E-state index < -0.39 is 16.9 Å². The molecule has 2 aromatic rings. The van der Waals surface area contributed by atoms with Crippen molar-refractivity contribution >= 4 is 17.5 Å². The second-order valence-electron chi connectivity index (χ2n) is 8.42. The fourth-order valence-electron chi connectivity index (χ4n) is 4.07. The van der Waals surface area contributed by atoms with E-state index in [9.17, 15) is 19.7 Å². The molecule has 2 aromatic carbocycles. The number of nitro groups is 1. The Balaban J connectivity index is 1.75. The summed E-state index contributed by atoms with van der Waals surface area (Å²) >= 11 is 0. The highest BCUT2D eigenvalue weighted by atomic mass is 16.6. The van der Waals surface area contributed by atoms with Gasteiger partial charge in [-0.2, -0.15) is 0 Å². The first-order chi connectivity index (χ1) is 16.8. The van der Waals surface area contributed by atoms with Crippen molar-refractivity contribution in [3.05, 3.63) is 58.1 Å². The number of carbonyl (C=O) groups is 2. The zero-order chi connectivity index (χ0) is 25.4. The summed E-state index contributed by atoms with van der Waals surface area (Å²) in [7, 11) is 2.88. The number of hydrogen-bond donors (Lipinski definition) is 1. The highest BCUT2D eigenvalue weighted by molar-refractivity contribution is 5.88. The molecule has 1 N–H and O–H groups in total. The van der Waals surface area contributed by atoms with Crippen molar-refractivity contribution in [2.24, 2.45) is 0 Å². The molecule has 1 atom stereocenters. The summed E-state index contributed by atoms with van der Waals surface area (Å²) in [5.41, 5.74) is 0.596. The smallest absolute Gasteiger partial charge is 0.311 e. The average molecular weight is 486 g/mol. The lowest BCUT2D eigenvalue weighted by Gasteiger charge is -2.29. The van der Waals surface area contributed by atoms with Crippen LogP contribution < -0.4 is 19.5 Å². The van der Waals surface area contributed by atoms with E-state index in [0.717, 1.165) is 31.2 Å². The third-order valence-electron chi connectivity index (χ3n) is 6.07. The second-order valence-corrected chi connectivity index (χ2v) is 8.42. The van der Waals surface area contributed by atoms with E-state index in [2.05, 4.69) is 5.32 Å². The first-order valence-electron chi connectivity index (χ1n) is 11.5. The molecule has 10 nitrogen and oxygen atoms in total. The first kappa shape index (κ1) is 25.8. The Morgan fingerprint density at radius 3 is 2.51 bits per heavy atom. The molecule has 188 valence electrons. The third-order valence-corrected chi connectivity index (χ3v) is 6.07. The molecule has 0 radical (unpaired) electrons. The summed E-state index contributed by atoms with van der Waals surface area (Å²) in [5.74, 6) is 0.291. The predicted octanol–water partition coefficient (Wildman–Crippen LogP) is 3.47. The lowest BCUT2D eigenvalue weighted by Crippen LogP contribution is -2.50. The van der Waals surface area contributed by atoms with Gasteiger partial charge in [0.05, 0.1) is 19.1 Å². The molecule has 1 aliphatic carbocycles. The van der Waals surface area contributed by atoms with Gasteiger partial charge in [-0.3, -0.25) is 19.7 Å². The Labute approximate surface area is 204 Å². The minimum atomic E-state index is -0.732. The maximum Gasteiger partial charge on any atom is 0.311 e. The van der Waals surface area contributed by atoms with Crippen LogP contribution in [0.3, 0.4) is 0 Å². The summed E-state index contributed by atoms with van der Waals surface area (Å²) < 4.78 is 16.0. The Hall–Kier alpha value is -3.82. The lowest BCUT2D eigenvalue weighted by atomic mass is 10.1. The van der Waals surface area contributed by atoms with E-state index >= 15 is 0 Å². The summed E-state index contributed by atoms with van der Waals surface area (Å²) in [5, 5.41) is 14.2. The van der Waals surface area contributed by atoms with Gasteiger partial charge in [-0.25, -0.2) is 0 Å². The topological polar surface area (TPSA) is 120 Å².